The third-order valence-electron chi connectivity index (χ3n) is 3.73. The largest absolute Gasteiger partial charge is 0.325 e. The highest BCUT2D eigenvalue weighted by Crippen LogP contribution is 2.28. The van der Waals surface area contributed by atoms with Gasteiger partial charge in [-0.1, -0.05) is 37.6 Å². The molecule has 1 amide bonds. The Balaban J connectivity index is 2.13. The van der Waals surface area contributed by atoms with Crippen molar-refractivity contribution in [3.63, 3.8) is 0 Å². The summed E-state index contributed by atoms with van der Waals surface area (Å²) in [4.78, 5) is 12.4. The predicted octanol–water partition coefficient (Wildman–Crippen LogP) is 4.24. The number of amides is 1. The van der Waals surface area contributed by atoms with Gasteiger partial charge in [-0.05, 0) is 30.3 Å². The average molecular weight is 431 g/mol. The van der Waals surface area contributed by atoms with Crippen molar-refractivity contribution in [1.29, 1.82) is 0 Å². The average Bonchev–Trinajstić information content (AvgIpc) is 2.63. The van der Waals surface area contributed by atoms with Gasteiger partial charge in [0.1, 0.15) is 10.7 Å². The molecule has 0 aliphatic heterocycles. The minimum Gasteiger partial charge on any atom is -0.325 e. The topological polar surface area (TPSA) is 66.5 Å². The number of hydrogen-bond donors (Lipinski definition) is 1. The summed E-state index contributed by atoms with van der Waals surface area (Å²) in [5.74, 6) is -0.784. The highest BCUT2D eigenvalue weighted by Gasteiger charge is 2.25. The molecule has 0 aliphatic rings. The summed E-state index contributed by atoms with van der Waals surface area (Å²) in [6.07, 6.45) is 0. The van der Waals surface area contributed by atoms with Crippen LogP contribution in [0.5, 0.6) is 0 Å². The second-order valence-electron chi connectivity index (χ2n) is 5.50. The Labute approximate surface area is 168 Å². The molecule has 0 aromatic heterocycles. The molecule has 0 bridgehead atoms. The lowest BCUT2D eigenvalue weighted by molar-refractivity contribution is -0.113. The fourth-order valence-corrected chi connectivity index (χ4v) is 5.08. The zero-order valence-electron chi connectivity index (χ0n) is 14.9. The number of nitrogens with zero attached hydrogens (tertiary/aromatic N) is 1. The first-order chi connectivity index (χ1) is 12.8. The van der Waals surface area contributed by atoms with Crippen LogP contribution in [0.2, 0.25) is 5.02 Å². The van der Waals surface area contributed by atoms with E-state index in [-0.39, 0.29) is 21.6 Å². The molecule has 0 unspecified atom stereocenters. The number of anilines is 1. The van der Waals surface area contributed by atoms with E-state index >= 15 is 0 Å². The predicted molar refractivity (Wildman–Crippen MR) is 107 cm³/mol. The zero-order valence-corrected chi connectivity index (χ0v) is 17.3. The number of rotatable bonds is 8. The SMILES string of the molecule is CCN(CC)S(=O)(=O)c1cc(NC(=O)CSc2ccccc2F)ccc1Cl. The first kappa shape index (κ1) is 21.7. The number of carbonyl (C=O) groups is 1. The van der Waals surface area contributed by atoms with Gasteiger partial charge < -0.3 is 5.32 Å². The molecule has 0 aliphatic carbocycles. The third kappa shape index (κ3) is 5.44. The Hall–Kier alpha value is -1.61. The van der Waals surface area contributed by atoms with E-state index in [4.69, 9.17) is 11.6 Å². The molecule has 1 N–H and O–H groups in total. The van der Waals surface area contributed by atoms with Crippen molar-refractivity contribution >= 4 is 45.0 Å². The Morgan fingerprint density at radius 3 is 2.48 bits per heavy atom. The number of thioether (sulfide) groups is 1. The van der Waals surface area contributed by atoms with Crippen LogP contribution in [0.3, 0.4) is 0 Å². The molecule has 0 saturated heterocycles. The second kappa shape index (κ2) is 9.54. The molecule has 0 fully saturated rings. The summed E-state index contributed by atoms with van der Waals surface area (Å²) >= 11 is 7.13. The van der Waals surface area contributed by atoms with Crippen LogP contribution in [0.4, 0.5) is 10.1 Å². The van der Waals surface area contributed by atoms with E-state index in [1.807, 2.05) is 0 Å². The van der Waals surface area contributed by atoms with Crippen molar-refractivity contribution in [3.8, 4) is 0 Å². The Bertz CT molecular complexity index is 919. The standard InChI is InChI=1S/C18H20ClFN2O3S2/c1-3-22(4-2)27(24,25)17-11-13(9-10-14(17)19)21-18(23)12-26-16-8-6-5-7-15(16)20/h5-11H,3-4,12H2,1-2H3,(H,21,23). The van der Waals surface area contributed by atoms with Gasteiger partial charge >= 0.3 is 0 Å². The van der Waals surface area contributed by atoms with Gasteiger partial charge in [0.2, 0.25) is 15.9 Å². The molecule has 0 heterocycles. The maximum Gasteiger partial charge on any atom is 0.244 e. The zero-order chi connectivity index (χ0) is 20.0. The van der Waals surface area contributed by atoms with Crippen LogP contribution in [0, 0.1) is 5.82 Å². The molecule has 0 spiro atoms. The number of hydrogen-bond acceptors (Lipinski definition) is 4. The van der Waals surface area contributed by atoms with E-state index in [1.165, 1.54) is 28.6 Å². The number of nitrogens with one attached hydrogen (secondary N) is 1. The minimum atomic E-state index is -3.76. The van der Waals surface area contributed by atoms with Crippen LogP contribution in [0.1, 0.15) is 13.8 Å². The van der Waals surface area contributed by atoms with Crippen LogP contribution in [0.25, 0.3) is 0 Å². The van der Waals surface area contributed by atoms with Gasteiger partial charge in [0.25, 0.3) is 0 Å². The molecule has 0 saturated carbocycles. The molecule has 0 radical (unpaired) electrons. The highest BCUT2D eigenvalue weighted by atomic mass is 35.5. The van der Waals surface area contributed by atoms with Crippen LogP contribution in [-0.2, 0) is 14.8 Å². The van der Waals surface area contributed by atoms with Crippen LogP contribution in [0.15, 0.2) is 52.3 Å². The van der Waals surface area contributed by atoms with E-state index in [0.717, 1.165) is 11.8 Å². The normalized spacial score (nSPS) is 11.6. The quantitative estimate of drug-likeness (QED) is 0.636. The van der Waals surface area contributed by atoms with Crippen molar-refractivity contribution in [1.82, 2.24) is 4.31 Å². The monoisotopic (exact) mass is 430 g/mol. The minimum absolute atomic E-state index is 0.0122. The number of sulfonamides is 1. The van der Waals surface area contributed by atoms with E-state index in [0.29, 0.717) is 23.7 Å². The molecule has 0 atom stereocenters. The lowest BCUT2D eigenvalue weighted by Gasteiger charge is -2.19. The second-order valence-corrected chi connectivity index (χ2v) is 8.83. The van der Waals surface area contributed by atoms with Gasteiger partial charge in [0.05, 0.1) is 10.8 Å². The van der Waals surface area contributed by atoms with Gasteiger partial charge in [-0.2, -0.15) is 4.31 Å². The molecule has 27 heavy (non-hydrogen) atoms. The number of carbonyl (C=O) groups excluding carboxylic acids is 1. The Morgan fingerprint density at radius 2 is 1.85 bits per heavy atom. The maximum atomic E-state index is 13.6. The van der Waals surface area contributed by atoms with Crippen LogP contribution in [-0.4, -0.2) is 37.5 Å². The molecular weight excluding hydrogens is 411 g/mol. The fourth-order valence-electron chi connectivity index (χ4n) is 2.38. The lowest BCUT2D eigenvalue weighted by atomic mass is 10.3. The first-order valence-electron chi connectivity index (χ1n) is 8.26. The number of benzene rings is 2. The van der Waals surface area contributed by atoms with E-state index < -0.39 is 15.8 Å². The Morgan fingerprint density at radius 1 is 1.19 bits per heavy atom. The van der Waals surface area contributed by atoms with Crippen molar-refractivity contribution in [3.05, 3.63) is 53.3 Å². The third-order valence-corrected chi connectivity index (χ3v) is 7.31. The smallest absolute Gasteiger partial charge is 0.244 e. The van der Waals surface area contributed by atoms with Crippen molar-refractivity contribution < 1.29 is 17.6 Å². The van der Waals surface area contributed by atoms with Gasteiger partial charge in [0, 0.05) is 23.7 Å². The number of halogens is 2. The summed E-state index contributed by atoms with van der Waals surface area (Å²) in [7, 11) is -3.76. The first-order valence-corrected chi connectivity index (χ1v) is 11.1. The maximum absolute atomic E-state index is 13.6. The van der Waals surface area contributed by atoms with Crippen molar-refractivity contribution in [2.45, 2.75) is 23.6 Å². The van der Waals surface area contributed by atoms with E-state index in [9.17, 15) is 17.6 Å². The van der Waals surface area contributed by atoms with E-state index in [2.05, 4.69) is 5.32 Å². The van der Waals surface area contributed by atoms with Gasteiger partial charge in [-0.15, -0.1) is 11.8 Å². The highest BCUT2D eigenvalue weighted by molar-refractivity contribution is 8.00. The van der Waals surface area contributed by atoms with Crippen LogP contribution >= 0.6 is 23.4 Å². The van der Waals surface area contributed by atoms with Gasteiger partial charge in [-0.25, -0.2) is 12.8 Å². The fraction of sp³-hybridized carbons (Fsp3) is 0.278. The molecule has 146 valence electrons. The summed E-state index contributed by atoms with van der Waals surface area (Å²) < 4.78 is 40.3. The van der Waals surface area contributed by atoms with Crippen molar-refractivity contribution in [2.24, 2.45) is 0 Å². The van der Waals surface area contributed by atoms with Gasteiger partial charge in [-0.3, -0.25) is 4.79 Å². The molecular formula is C18H20ClFN2O3S2. The van der Waals surface area contributed by atoms with Crippen molar-refractivity contribution in [2.75, 3.05) is 24.2 Å². The van der Waals surface area contributed by atoms with Crippen LogP contribution < -0.4 is 5.32 Å². The van der Waals surface area contributed by atoms with Gasteiger partial charge in [0.15, 0.2) is 0 Å². The Kier molecular flexibility index (Phi) is 7.67. The molecule has 2 aromatic carbocycles. The molecule has 2 rings (SSSR count). The lowest BCUT2D eigenvalue weighted by Crippen LogP contribution is -2.31. The molecule has 5 nitrogen and oxygen atoms in total. The molecule has 2 aromatic rings. The molecule has 9 heteroatoms. The van der Waals surface area contributed by atoms with E-state index in [1.54, 1.807) is 32.0 Å². The summed E-state index contributed by atoms with van der Waals surface area (Å²) in [6.45, 7) is 4.09. The summed E-state index contributed by atoms with van der Waals surface area (Å²) in [5.41, 5.74) is 0.310. The summed E-state index contributed by atoms with van der Waals surface area (Å²) in [5, 5.41) is 2.71. The summed E-state index contributed by atoms with van der Waals surface area (Å²) in [6, 6.07) is 10.5.